The van der Waals surface area contributed by atoms with Gasteiger partial charge in [0.1, 0.15) is 5.78 Å². The molecule has 2 radical (unpaired) electrons. The maximum absolute atomic E-state index is 13.0. The molecule has 0 saturated heterocycles. The number of likely N-dealkylation sites (N-methyl/N-ethyl adjacent to an activating group) is 1. The highest BCUT2D eigenvalue weighted by atomic mass is 28.2. The molecule has 0 fully saturated rings. The van der Waals surface area contributed by atoms with E-state index in [-0.39, 0.29) is 17.9 Å². The zero-order chi connectivity index (χ0) is 29.8. The van der Waals surface area contributed by atoms with Gasteiger partial charge in [0.2, 0.25) is 15.7 Å². The number of ketones is 1. The maximum Gasteiger partial charge on any atom is 0.318 e. The van der Waals surface area contributed by atoms with Crippen LogP contribution in [-0.2, 0) is 14.0 Å². The number of nitrogens with two attached hydrogens (primary N) is 1. The van der Waals surface area contributed by atoms with E-state index >= 15 is 0 Å². The van der Waals surface area contributed by atoms with E-state index < -0.39 is 6.17 Å². The summed E-state index contributed by atoms with van der Waals surface area (Å²) in [6, 6.07) is 0.739. The van der Waals surface area contributed by atoms with E-state index in [4.69, 9.17) is 10.2 Å². The standard InChI is InChI=1S/C30H57N5O4Si/c1-6-39-40-20-12-15-33-30(38)35(26(4)31)19-18-34(17-16-32-5)29(37)14-11-9-7-8-10-13-27-21-24(2)22-28(23-27)25(3)36/h21,24,26,28,32H,6-20,22-23,31H2,1-5H3,(H,33,38). The zero-order valence-electron chi connectivity index (χ0n) is 25.9. The van der Waals surface area contributed by atoms with Crippen molar-refractivity contribution in [3.05, 3.63) is 11.6 Å². The maximum atomic E-state index is 13.0. The monoisotopic (exact) mass is 579 g/mol. The number of unbranched alkanes of at least 4 members (excludes halogenated alkanes) is 4. The topological polar surface area (TPSA) is 117 Å². The first kappa shape index (κ1) is 36.3. The normalized spacial score (nSPS) is 17.7. The molecule has 9 nitrogen and oxygen atoms in total. The number of hydrogen-bond acceptors (Lipinski definition) is 6. The fraction of sp³-hybridized carbons (Fsp3) is 0.833. The first-order chi connectivity index (χ1) is 19.2. The van der Waals surface area contributed by atoms with E-state index in [0.717, 1.165) is 63.8 Å². The Balaban J connectivity index is 2.37. The van der Waals surface area contributed by atoms with E-state index in [1.807, 2.05) is 18.9 Å². The molecule has 3 atom stereocenters. The highest BCUT2D eigenvalue weighted by Gasteiger charge is 2.23. The van der Waals surface area contributed by atoms with Gasteiger partial charge in [0.05, 0.1) is 6.17 Å². The Hall–Kier alpha value is -1.75. The van der Waals surface area contributed by atoms with Crippen LogP contribution in [0.4, 0.5) is 4.79 Å². The van der Waals surface area contributed by atoms with Crippen LogP contribution in [0.5, 0.6) is 0 Å². The van der Waals surface area contributed by atoms with Gasteiger partial charge in [-0.25, -0.2) is 4.79 Å². The molecule has 0 spiro atoms. The lowest BCUT2D eigenvalue weighted by Crippen LogP contribution is -2.52. The van der Waals surface area contributed by atoms with Gasteiger partial charge < -0.3 is 30.6 Å². The molecule has 10 heteroatoms. The van der Waals surface area contributed by atoms with Crippen LogP contribution in [0.3, 0.4) is 0 Å². The number of Topliss-reactive ketones (excluding diaryl/α,β-unsaturated/α-hetero) is 1. The molecule has 3 unspecified atom stereocenters. The number of allylic oxidation sites excluding steroid dienone is 2. The van der Waals surface area contributed by atoms with E-state index in [2.05, 4.69) is 23.6 Å². The molecule has 230 valence electrons. The smallest absolute Gasteiger partial charge is 0.318 e. The minimum atomic E-state index is -0.438. The van der Waals surface area contributed by atoms with Gasteiger partial charge in [0.25, 0.3) is 0 Å². The van der Waals surface area contributed by atoms with Crippen LogP contribution in [-0.4, -0.2) is 89.8 Å². The molecule has 0 aromatic rings. The largest absolute Gasteiger partial charge is 0.418 e. The fourth-order valence-electron chi connectivity index (χ4n) is 5.16. The van der Waals surface area contributed by atoms with Crippen molar-refractivity contribution in [3.63, 3.8) is 0 Å². The van der Waals surface area contributed by atoms with E-state index in [1.54, 1.807) is 18.7 Å². The summed E-state index contributed by atoms with van der Waals surface area (Å²) in [6.07, 6.45) is 11.7. The van der Waals surface area contributed by atoms with Gasteiger partial charge in [-0.3, -0.25) is 9.59 Å². The Bertz CT molecular complexity index is 764. The molecule has 1 aliphatic carbocycles. The predicted octanol–water partition coefficient (Wildman–Crippen LogP) is 4.11. The van der Waals surface area contributed by atoms with Gasteiger partial charge in [-0.15, -0.1) is 0 Å². The third-order valence-corrected chi connectivity index (χ3v) is 8.53. The number of rotatable bonds is 22. The summed E-state index contributed by atoms with van der Waals surface area (Å²) in [5.41, 5.74) is 7.54. The van der Waals surface area contributed by atoms with Gasteiger partial charge in [-0.05, 0) is 78.3 Å². The number of urea groups is 1. The van der Waals surface area contributed by atoms with Crippen molar-refractivity contribution in [1.29, 1.82) is 0 Å². The number of hydrogen-bond donors (Lipinski definition) is 3. The Morgan fingerprint density at radius 2 is 1.82 bits per heavy atom. The van der Waals surface area contributed by atoms with E-state index in [9.17, 15) is 14.4 Å². The summed E-state index contributed by atoms with van der Waals surface area (Å²) >= 11 is 0. The summed E-state index contributed by atoms with van der Waals surface area (Å²) in [5.74, 6) is 1.16. The third-order valence-electron chi connectivity index (χ3n) is 7.47. The molecule has 0 aliphatic heterocycles. The van der Waals surface area contributed by atoms with Gasteiger partial charge in [-0.2, -0.15) is 0 Å². The Kier molecular flexibility index (Phi) is 19.9. The van der Waals surface area contributed by atoms with Crippen LogP contribution in [0, 0.1) is 11.8 Å². The number of carbonyl (C=O) groups excluding carboxylic acids is 3. The lowest BCUT2D eigenvalue weighted by molar-refractivity contribution is -0.131. The molecular formula is C30H57N5O4Si. The van der Waals surface area contributed by atoms with Crippen molar-refractivity contribution >= 4 is 27.5 Å². The second-order valence-electron chi connectivity index (χ2n) is 11.1. The number of nitrogens with one attached hydrogen (secondary N) is 2. The Morgan fingerprint density at radius 1 is 1.10 bits per heavy atom. The summed E-state index contributed by atoms with van der Waals surface area (Å²) in [5, 5.41) is 6.07. The molecule has 0 heterocycles. The average Bonchev–Trinajstić information content (AvgIpc) is 2.91. The SMILES string of the molecule is CCO[Si]CCCNC(=O)N(CCN(CCNC)C(=O)CCCCCCCC1=CC(C)CC(C(C)=O)C1)C(C)N. The highest BCUT2D eigenvalue weighted by Crippen LogP contribution is 2.31. The van der Waals surface area contributed by atoms with Crippen molar-refractivity contribution in [3.8, 4) is 0 Å². The lowest BCUT2D eigenvalue weighted by Gasteiger charge is -2.30. The molecular weight excluding hydrogens is 522 g/mol. The molecule has 0 saturated carbocycles. The van der Waals surface area contributed by atoms with Crippen LogP contribution in [0.15, 0.2) is 11.6 Å². The lowest BCUT2D eigenvalue weighted by atomic mass is 9.80. The van der Waals surface area contributed by atoms with Gasteiger partial charge >= 0.3 is 6.03 Å². The minimum Gasteiger partial charge on any atom is -0.418 e. The fourth-order valence-corrected chi connectivity index (χ4v) is 5.83. The number of carbonyl (C=O) groups is 3. The third kappa shape index (κ3) is 15.9. The molecule has 0 aromatic heterocycles. The van der Waals surface area contributed by atoms with Crippen LogP contribution >= 0.6 is 0 Å². The van der Waals surface area contributed by atoms with Crippen LogP contribution in [0.25, 0.3) is 0 Å². The molecule has 0 aromatic carbocycles. The van der Waals surface area contributed by atoms with Crippen molar-refractivity contribution in [2.45, 2.75) is 104 Å². The minimum absolute atomic E-state index is 0.133. The highest BCUT2D eigenvalue weighted by molar-refractivity contribution is 6.26. The van der Waals surface area contributed by atoms with Crippen molar-refractivity contribution in [2.24, 2.45) is 17.6 Å². The molecule has 0 bridgehead atoms. The summed E-state index contributed by atoms with van der Waals surface area (Å²) in [7, 11) is 2.34. The predicted molar refractivity (Wildman–Crippen MR) is 164 cm³/mol. The molecule has 4 N–H and O–H groups in total. The first-order valence-corrected chi connectivity index (χ1v) is 16.6. The van der Waals surface area contributed by atoms with Crippen molar-refractivity contribution in [1.82, 2.24) is 20.4 Å². The van der Waals surface area contributed by atoms with Gasteiger partial charge in [0.15, 0.2) is 0 Å². The van der Waals surface area contributed by atoms with Crippen LogP contribution < -0.4 is 16.4 Å². The Morgan fingerprint density at radius 3 is 2.50 bits per heavy atom. The molecule has 3 amide bonds. The van der Waals surface area contributed by atoms with Crippen LogP contribution in [0.1, 0.15) is 91.9 Å². The summed E-state index contributed by atoms with van der Waals surface area (Å²) in [4.78, 5) is 41.0. The summed E-state index contributed by atoms with van der Waals surface area (Å²) < 4.78 is 5.36. The van der Waals surface area contributed by atoms with Crippen molar-refractivity contribution in [2.75, 3.05) is 46.4 Å². The van der Waals surface area contributed by atoms with E-state index in [0.29, 0.717) is 67.2 Å². The number of amides is 3. The van der Waals surface area contributed by atoms with Gasteiger partial charge in [0, 0.05) is 51.7 Å². The van der Waals surface area contributed by atoms with Gasteiger partial charge in [-0.1, -0.05) is 37.8 Å². The molecule has 40 heavy (non-hydrogen) atoms. The number of nitrogens with zero attached hydrogens (tertiary/aromatic N) is 2. The Labute approximate surface area is 246 Å². The average molecular weight is 580 g/mol. The zero-order valence-corrected chi connectivity index (χ0v) is 26.9. The molecule has 1 aliphatic rings. The quantitative estimate of drug-likeness (QED) is 0.0769. The second kappa shape index (κ2) is 21.9. The molecule has 1 rings (SSSR count). The van der Waals surface area contributed by atoms with Crippen molar-refractivity contribution < 1.29 is 18.8 Å². The van der Waals surface area contributed by atoms with Crippen LogP contribution in [0.2, 0.25) is 6.04 Å². The van der Waals surface area contributed by atoms with E-state index in [1.165, 1.54) is 5.57 Å². The first-order valence-electron chi connectivity index (χ1n) is 15.5. The second-order valence-corrected chi connectivity index (χ2v) is 12.2. The summed E-state index contributed by atoms with van der Waals surface area (Å²) in [6.45, 7) is 11.2.